The molecule has 0 radical (unpaired) electrons. The lowest BCUT2D eigenvalue weighted by Gasteiger charge is -2.06. The van der Waals surface area contributed by atoms with Gasteiger partial charge in [0, 0.05) is 11.8 Å². The summed E-state index contributed by atoms with van der Waals surface area (Å²) < 4.78 is 43.3. The molecule has 6 aromatic heterocycles. The number of nitrogens with zero attached hydrogens (tertiary/aromatic N) is 12. The molecule has 6 rings (SSSR count). The first-order valence-corrected chi connectivity index (χ1v) is 19.5. The van der Waals surface area contributed by atoms with Gasteiger partial charge in [-0.25, -0.2) is 67.1 Å². The van der Waals surface area contributed by atoms with Gasteiger partial charge in [0.25, 0.3) is 34.4 Å². The number of fused-ring (bicyclic) bond motifs is 3. The number of hydrogen-bond acceptors (Lipinski definition) is 36. The Morgan fingerprint density at radius 3 is 1.12 bits per heavy atom. The summed E-state index contributed by atoms with van der Waals surface area (Å²) >= 11 is 0. The highest BCUT2D eigenvalue weighted by molar-refractivity contribution is 6.03. The smallest absolute Gasteiger partial charge is 0.476 e. The zero-order chi connectivity index (χ0) is 60.9. The van der Waals surface area contributed by atoms with Crippen LogP contribution < -0.4 is 31.6 Å². The van der Waals surface area contributed by atoms with Gasteiger partial charge >= 0.3 is 106 Å². The van der Waals surface area contributed by atoms with Crippen molar-refractivity contribution in [2.75, 3.05) is 56.9 Å². The van der Waals surface area contributed by atoms with Crippen molar-refractivity contribution in [2.45, 2.75) is 0 Å². The van der Waals surface area contributed by atoms with Crippen molar-refractivity contribution < 1.29 is 134 Å². The molecule has 418 valence electrons. The summed E-state index contributed by atoms with van der Waals surface area (Å²) in [5, 5.41) is 66.5. The van der Waals surface area contributed by atoms with Gasteiger partial charge in [-0.2, -0.15) is 9.59 Å². The topological polar surface area (TPSA) is 591 Å². The van der Waals surface area contributed by atoms with Gasteiger partial charge in [0.05, 0.1) is 67.1 Å². The van der Waals surface area contributed by atoms with Crippen LogP contribution in [0.2, 0.25) is 0 Å². The van der Waals surface area contributed by atoms with E-state index in [2.05, 4.69) is 97.7 Å². The van der Waals surface area contributed by atoms with E-state index >= 15 is 0 Å². The van der Waals surface area contributed by atoms with Crippen LogP contribution in [0.15, 0.2) is 28.0 Å². The number of ether oxygens (including phenoxy) is 8. The third-order valence-corrected chi connectivity index (χ3v) is 8.07. The molecule has 80 heavy (non-hydrogen) atoms. The van der Waals surface area contributed by atoms with Crippen LogP contribution in [-0.2, 0) is 47.5 Å². The molecule has 42 heteroatoms. The van der Waals surface area contributed by atoms with Gasteiger partial charge in [-0.05, 0) is 10.2 Å². The predicted molar refractivity (Wildman–Crippen MR) is 232 cm³/mol. The summed E-state index contributed by atoms with van der Waals surface area (Å²) in [6.07, 6.45) is -3.19. The molecule has 0 aliphatic carbocycles. The molecule has 0 saturated carbocycles. The van der Waals surface area contributed by atoms with E-state index in [-0.39, 0.29) is 38.0 Å². The Kier molecular flexibility index (Phi) is 22.9. The molecule has 6 aromatic rings. The van der Waals surface area contributed by atoms with Crippen LogP contribution in [0.4, 0.5) is 9.59 Å². The molecule has 0 amide bonds. The van der Waals surface area contributed by atoms with Gasteiger partial charge < -0.3 is 67.2 Å². The van der Waals surface area contributed by atoms with Crippen molar-refractivity contribution in [1.82, 2.24) is 51.0 Å². The number of aromatic nitrogens is 12. The quantitative estimate of drug-likeness (QED) is 0.0362. The highest BCUT2D eigenvalue weighted by Gasteiger charge is 2.42. The first-order chi connectivity index (χ1) is 37.7. The Bertz CT molecular complexity index is 3540. The normalized spacial score (nSPS) is 9.65. The highest BCUT2D eigenvalue weighted by atomic mass is 16.6. The first-order valence-electron chi connectivity index (χ1n) is 19.5. The van der Waals surface area contributed by atoms with Crippen LogP contribution in [0.3, 0.4) is 0 Å². The van der Waals surface area contributed by atoms with Gasteiger partial charge in [-0.3, -0.25) is 0 Å². The van der Waals surface area contributed by atoms with Crippen LogP contribution >= 0.6 is 0 Å². The Morgan fingerprint density at radius 2 is 0.787 bits per heavy atom. The van der Waals surface area contributed by atoms with Crippen molar-refractivity contribution in [1.29, 1.82) is 0 Å². The Hall–Kier alpha value is -12.5. The average molecular weight is 1130 g/mol. The van der Waals surface area contributed by atoms with Crippen molar-refractivity contribution in [3.8, 4) is 11.8 Å². The molecule has 0 fully saturated rings. The number of esters is 7. The van der Waals surface area contributed by atoms with Crippen molar-refractivity contribution >= 4 is 93.7 Å². The molecule has 0 bridgehead atoms. The van der Waals surface area contributed by atoms with Gasteiger partial charge in [0.2, 0.25) is 0 Å². The van der Waals surface area contributed by atoms with Crippen LogP contribution in [0.25, 0.3) is 21.8 Å². The fraction of sp³-hybridized carbons (Fsp3) is 0.211. The molecule has 0 atom stereocenters. The van der Waals surface area contributed by atoms with E-state index in [4.69, 9.17) is 20.4 Å². The molecule has 0 aliphatic heterocycles. The minimum Gasteiger partial charge on any atom is -0.476 e. The minimum atomic E-state index is -2.01. The number of hydrogen-bond donors (Lipinski definition) is 4. The molecule has 0 unspecified atom stereocenters. The third-order valence-electron chi connectivity index (χ3n) is 8.07. The third kappa shape index (κ3) is 15.3. The van der Waals surface area contributed by atoms with Gasteiger partial charge in [0.1, 0.15) is 10.8 Å². The number of furan rings is 2. The maximum atomic E-state index is 11.9. The number of carboxylic acids is 3. The molecular formula is C38H28N12O30+2. The Labute approximate surface area is 434 Å². The summed E-state index contributed by atoms with van der Waals surface area (Å²) in [4.78, 5) is 177. The molecule has 0 spiro atoms. The maximum Gasteiger partial charge on any atom is 0.512 e. The number of aromatic carboxylic acids is 3. The average Bonchev–Trinajstić information content (AvgIpc) is 3.97. The first kappa shape index (κ1) is 63.6. The number of methoxy groups -OCH3 is 8. The molecule has 6 heterocycles. The zero-order valence-electron chi connectivity index (χ0n) is 40.8. The summed E-state index contributed by atoms with van der Waals surface area (Å²) in [5.74, 6) is -10.8. The van der Waals surface area contributed by atoms with Crippen molar-refractivity contribution in [3.63, 3.8) is 0 Å². The monoisotopic (exact) mass is 1130 g/mol. The molecule has 42 nitrogen and oxygen atoms in total. The number of carboxylic acid groups (broad SMARTS) is 4. The number of carbonyl (C=O) groups is 12. The number of carbonyl (C=O) groups excluding carboxylic acids is 8. The summed E-state index contributed by atoms with van der Waals surface area (Å²) in [6, 6.07) is 0. The second kappa shape index (κ2) is 28.8. The lowest BCUT2D eigenvalue weighted by molar-refractivity contribution is -0.595. The standard InChI is InChI=1S/C11H12N3O8.C8N2O6.C7H3N3O8.C6H6N4O4.C6H6O4/c1-19-8(15)5-6(9(16)20-2)14(11(18)22-4)7(13-12-5)10(17)21-3;11-5-1-2-4(8(14)16-6(2)12)10-9-3(1)7(13)15-5;11-4(12)1-2(5(13)14)10(7(17)18)3(6(15)16)9-8-1;1-13-5(11)3-7-9-4(10-8-3)6(12)14-2;1-9-5(7)3-4-6(8)10-2/h1-4H3;;(H3-,11,12,13,14,15,16,17,18);1-2H3;1-2H3/q+1;;;;/p+1. The van der Waals surface area contributed by atoms with E-state index in [1.165, 1.54) is 28.4 Å². The van der Waals surface area contributed by atoms with Crippen molar-refractivity contribution in [2.24, 2.45) is 0 Å². The summed E-state index contributed by atoms with van der Waals surface area (Å²) in [7, 11) is 8.74. The fourth-order valence-electron chi connectivity index (χ4n) is 4.75. The van der Waals surface area contributed by atoms with Crippen LogP contribution in [0, 0.1) is 11.8 Å². The summed E-state index contributed by atoms with van der Waals surface area (Å²) in [6.45, 7) is 0. The second-order valence-corrected chi connectivity index (χ2v) is 12.5. The van der Waals surface area contributed by atoms with Crippen LogP contribution in [0.5, 0.6) is 0 Å². The Morgan fingerprint density at radius 1 is 0.388 bits per heavy atom. The predicted octanol–water partition coefficient (Wildman–Crippen LogP) is -6.42. The van der Waals surface area contributed by atoms with E-state index in [0.29, 0.717) is 4.57 Å². The van der Waals surface area contributed by atoms with Crippen molar-refractivity contribution in [3.05, 3.63) is 87.8 Å². The number of rotatable bonds is 8. The Balaban J connectivity index is 0.000000349. The highest BCUT2D eigenvalue weighted by Crippen LogP contribution is 2.11. The van der Waals surface area contributed by atoms with E-state index in [0.717, 1.165) is 28.4 Å². The minimum absolute atomic E-state index is 0.277. The largest absolute Gasteiger partial charge is 0.512 e. The van der Waals surface area contributed by atoms with Crippen LogP contribution in [0.1, 0.15) is 84.4 Å². The molecule has 0 aliphatic rings. The van der Waals surface area contributed by atoms with Crippen LogP contribution in [-0.4, -0.2) is 200 Å². The second-order valence-electron chi connectivity index (χ2n) is 12.5. The molecular weight excluding hydrogens is 1100 g/mol. The fourth-order valence-corrected chi connectivity index (χ4v) is 4.75. The van der Waals surface area contributed by atoms with E-state index in [1.807, 2.05) is 11.8 Å². The van der Waals surface area contributed by atoms with Gasteiger partial charge in [-0.15, -0.1) is 39.7 Å². The lowest BCUT2D eigenvalue weighted by atomic mass is 10.2. The SMILES string of the molecule is COC(=O)C#CC(=O)OC.COC(=O)c1nnc(C(=O)OC)[n+](C(=O)OC)c1C(=O)OC.COC(=O)c1nnc(C(=O)OC)nn1.O=C(O)c1nnc(C(=O)O)[n+](C(=O)O)c1C(=O)O.O=c1oc(=O)c2c1nnc1c(=O)oc(=O)c12. The molecule has 4 N–H and O–H groups in total. The zero-order valence-corrected chi connectivity index (χ0v) is 40.8. The summed E-state index contributed by atoms with van der Waals surface area (Å²) in [5.41, 5.74) is -8.63. The molecule has 0 aromatic carbocycles. The van der Waals surface area contributed by atoms with Gasteiger partial charge in [-0.1, -0.05) is 0 Å². The lowest BCUT2D eigenvalue weighted by Crippen LogP contribution is -2.55. The molecule has 0 saturated heterocycles. The van der Waals surface area contributed by atoms with E-state index in [9.17, 15) is 76.7 Å². The van der Waals surface area contributed by atoms with Gasteiger partial charge in [0.15, 0.2) is 11.0 Å². The maximum absolute atomic E-state index is 11.9. The van der Waals surface area contributed by atoms with E-state index < -0.39 is 129 Å². The van der Waals surface area contributed by atoms with E-state index in [1.54, 1.807) is 0 Å².